The largest absolute Gasteiger partial charge is 0.364 e. The van der Waals surface area contributed by atoms with Crippen LogP contribution in [-0.4, -0.2) is 43.9 Å². The molecule has 4 N–H and O–H groups in total. The van der Waals surface area contributed by atoms with Gasteiger partial charge in [0.2, 0.25) is 5.91 Å². The Hall–Kier alpha value is -4.27. The Kier molecular flexibility index (Phi) is 4.78. The van der Waals surface area contributed by atoms with Gasteiger partial charge in [0.15, 0.2) is 5.82 Å². The first-order valence-electron chi connectivity index (χ1n) is 10.3. The first-order valence-corrected chi connectivity index (χ1v) is 10.3. The van der Waals surface area contributed by atoms with Gasteiger partial charge in [-0.1, -0.05) is 17.7 Å². The molecule has 0 aliphatic carbocycles. The number of nitrogens with two attached hydrogens (primary N) is 1. The van der Waals surface area contributed by atoms with Gasteiger partial charge in [0, 0.05) is 23.9 Å². The number of rotatable bonds is 5. The minimum Gasteiger partial charge on any atom is -0.364 e. The van der Waals surface area contributed by atoms with Crippen LogP contribution in [-0.2, 0) is 4.79 Å². The number of imidazole rings is 1. The molecule has 5 rings (SSSR count). The molecular formula is C23H21N7O2. The summed E-state index contributed by atoms with van der Waals surface area (Å²) in [6.07, 6.45) is 2.40. The number of hydrogen-bond acceptors (Lipinski definition) is 6. The van der Waals surface area contributed by atoms with E-state index >= 15 is 0 Å². The molecule has 9 nitrogen and oxygen atoms in total. The molecule has 1 aliphatic rings. The molecule has 2 aromatic heterocycles. The van der Waals surface area contributed by atoms with Gasteiger partial charge >= 0.3 is 0 Å². The number of nitrogens with one attached hydrogen (secondary N) is 2. The number of primary amides is 1. The molecule has 160 valence electrons. The summed E-state index contributed by atoms with van der Waals surface area (Å²) >= 11 is 0. The van der Waals surface area contributed by atoms with Crippen molar-refractivity contribution in [3.8, 4) is 17.1 Å². The van der Waals surface area contributed by atoms with Gasteiger partial charge in [-0.25, -0.2) is 15.0 Å². The van der Waals surface area contributed by atoms with Crippen molar-refractivity contribution in [2.45, 2.75) is 19.4 Å². The third-order valence-electron chi connectivity index (χ3n) is 5.47. The predicted octanol–water partition coefficient (Wildman–Crippen LogP) is 2.19. The van der Waals surface area contributed by atoms with Crippen LogP contribution in [0.25, 0.3) is 28.1 Å². The Morgan fingerprint density at radius 3 is 2.69 bits per heavy atom. The van der Waals surface area contributed by atoms with Crippen LogP contribution in [0.2, 0.25) is 0 Å². The normalized spacial score (nSPS) is 15.7. The highest BCUT2D eigenvalue weighted by atomic mass is 16.2. The molecular weight excluding hydrogens is 406 g/mol. The second kappa shape index (κ2) is 7.77. The Bertz CT molecular complexity index is 1340. The van der Waals surface area contributed by atoms with E-state index in [1.807, 2.05) is 54.0 Å². The van der Waals surface area contributed by atoms with Gasteiger partial charge in [0.25, 0.3) is 5.91 Å². The summed E-state index contributed by atoms with van der Waals surface area (Å²) in [7, 11) is 0. The van der Waals surface area contributed by atoms with Gasteiger partial charge in [-0.2, -0.15) is 0 Å². The summed E-state index contributed by atoms with van der Waals surface area (Å²) in [4.78, 5) is 37.2. The minimum atomic E-state index is -0.668. The fraction of sp³-hybridized carbons (Fsp3) is 0.174. The third-order valence-corrected chi connectivity index (χ3v) is 5.47. The van der Waals surface area contributed by atoms with Crippen molar-refractivity contribution >= 4 is 28.7 Å². The van der Waals surface area contributed by atoms with Gasteiger partial charge in [-0.15, -0.1) is 0 Å². The van der Waals surface area contributed by atoms with E-state index in [-0.39, 0.29) is 11.6 Å². The van der Waals surface area contributed by atoms with E-state index < -0.39 is 11.9 Å². The highest BCUT2D eigenvalue weighted by molar-refractivity contribution is 5.93. The lowest BCUT2D eigenvalue weighted by molar-refractivity contribution is -0.119. The number of carbonyl (C=O) groups is 2. The quantitative estimate of drug-likeness (QED) is 0.448. The Morgan fingerprint density at radius 2 is 1.97 bits per heavy atom. The summed E-state index contributed by atoms with van der Waals surface area (Å²) in [5.41, 5.74) is 10.1. The van der Waals surface area contributed by atoms with Crippen LogP contribution in [0.1, 0.15) is 22.5 Å². The molecule has 1 fully saturated rings. The van der Waals surface area contributed by atoms with Crippen molar-refractivity contribution in [1.82, 2.24) is 24.8 Å². The van der Waals surface area contributed by atoms with E-state index in [9.17, 15) is 9.59 Å². The number of aryl methyl sites for hydroxylation is 1. The van der Waals surface area contributed by atoms with Crippen LogP contribution in [0.4, 0.5) is 5.82 Å². The molecule has 0 radical (unpaired) electrons. The first kappa shape index (κ1) is 19.7. The lowest BCUT2D eigenvalue weighted by atomic mass is 10.1. The topological polar surface area (TPSA) is 128 Å². The number of anilines is 1. The number of nitrogens with zero attached hydrogens (tertiary/aromatic N) is 4. The second-order valence-corrected chi connectivity index (χ2v) is 7.76. The van der Waals surface area contributed by atoms with Gasteiger partial charge in [-0.3, -0.25) is 14.2 Å². The van der Waals surface area contributed by atoms with Crippen molar-refractivity contribution in [2.24, 2.45) is 5.73 Å². The molecule has 32 heavy (non-hydrogen) atoms. The molecule has 0 bridgehead atoms. The van der Waals surface area contributed by atoms with Crippen molar-refractivity contribution in [3.63, 3.8) is 0 Å². The van der Waals surface area contributed by atoms with Crippen LogP contribution in [0, 0.1) is 6.92 Å². The molecule has 2 aromatic carbocycles. The SMILES string of the molecule is Cc1ccc(-n2cnc3ccc(-c4nc(NC5CCNC5=O)cc(C(N)=O)n4)cc32)cc1. The van der Waals surface area contributed by atoms with Crippen molar-refractivity contribution in [1.29, 1.82) is 0 Å². The average molecular weight is 427 g/mol. The highest BCUT2D eigenvalue weighted by Crippen LogP contribution is 2.25. The van der Waals surface area contributed by atoms with E-state index in [1.165, 1.54) is 11.6 Å². The van der Waals surface area contributed by atoms with Crippen LogP contribution in [0.3, 0.4) is 0 Å². The van der Waals surface area contributed by atoms with E-state index in [1.54, 1.807) is 6.33 Å². The second-order valence-electron chi connectivity index (χ2n) is 7.76. The predicted molar refractivity (Wildman–Crippen MR) is 120 cm³/mol. The molecule has 9 heteroatoms. The Labute approximate surface area is 183 Å². The zero-order valence-corrected chi connectivity index (χ0v) is 17.4. The van der Waals surface area contributed by atoms with E-state index in [0.29, 0.717) is 30.2 Å². The van der Waals surface area contributed by atoms with Gasteiger partial charge in [-0.05, 0) is 43.7 Å². The molecule has 1 aliphatic heterocycles. The average Bonchev–Trinajstić information content (AvgIpc) is 3.39. The van der Waals surface area contributed by atoms with Crippen LogP contribution >= 0.6 is 0 Å². The standard InChI is InChI=1S/C23H21N7O2/c1-13-2-5-15(6-3-13)30-12-26-16-7-4-14(10-19(16)30)22-28-18(21(24)31)11-20(29-22)27-17-8-9-25-23(17)32/h2-7,10-12,17H,8-9H2,1H3,(H2,24,31)(H,25,32)(H,27,28,29). The summed E-state index contributed by atoms with van der Waals surface area (Å²) in [5.74, 6) is -0.0636. The van der Waals surface area contributed by atoms with Gasteiger partial charge < -0.3 is 16.4 Å². The van der Waals surface area contributed by atoms with Crippen molar-refractivity contribution < 1.29 is 9.59 Å². The maximum Gasteiger partial charge on any atom is 0.267 e. The number of fused-ring (bicyclic) bond motifs is 1. The maximum atomic E-state index is 11.9. The molecule has 4 aromatic rings. The molecule has 1 atom stereocenters. The van der Waals surface area contributed by atoms with Crippen molar-refractivity contribution in [2.75, 3.05) is 11.9 Å². The Morgan fingerprint density at radius 1 is 1.16 bits per heavy atom. The molecule has 0 spiro atoms. The van der Waals surface area contributed by atoms with Crippen LogP contribution in [0.5, 0.6) is 0 Å². The number of benzene rings is 2. The van der Waals surface area contributed by atoms with Crippen LogP contribution in [0.15, 0.2) is 54.9 Å². The van der Waals surface area contributed by atoms with E-state index in [0.717, 1.165) is 16.7 Å². The number of carbonyl (C=O) groups excluding carboxylic acids is 2. The summed E-state index contributed by atoms with van der Waals surface area (Å²) in [5, 5.41) is 5.85. The Balaban J connectivity index is 1.58. The maximum absolute atomic E-state index is 11.9. The monoisotopic (exact) mass is 427 g/mol. The van der Waals surface area contributed by atoms with Gasteiger partial charge in [0.05, 0.1) is 11.0 Å². The number of hydrogen-bond donors (Lipinski definition) is 3. The zero-order valence-electron chi connectivity index (χ0n) is 17.4. The van der Waals surface area contributed by atoms with Gasteiger partial charge in [0.1, 0.15) is 23.9 Å². The fourth-order valence-electron chi connectivity index (χ4n) is 3.74. The van der Waals surface area contributed by atoms with Crippen LogP contribution < -0.4 is 16.4 Å². The number of aromatic nitrogens is 4. The summed E-state index contributed by atoms with van der Waals surface area (Å²) in [6.45, 7) is 2.63. The first-order chi connectivity index (χ1) is 15.5. The number of amides is 2. The molecule has 2 amide bonds. The molecule has 1 unspecified atom stereocenters. The summed E-state index contributed by atoms with van der Waals surface area (Å²) in [6, 6.07) is 14.9. The molecule has 0 saturated carbocycles. The summed E-state index contributed by atoms with van der Waals surface area (Å²) < 4.78 is 1.98. The van der Waals surface area contributed by atoms with Crippen molar-refractivity contribution in [3.05, 3.63) is 66.1 Å². The minimum absolute atomic E-state index is 0.0723. The molecule has 3 heterocycles. The lowest BCUT2D eigenvalue weighted by Gasteiger charge is -2.13. The fourth-order valence-corrected chi connectivity index (χ4v) is 3.74. The lowest BCUT2D eigenvalue weighted by Crippen LogP contribution is -2.30. The third kappa shape index (κ3) is 3.64. The highest BCUT2D eigenvalue weighted by Gasteiger charge is 2.25. The van der Waals surface area contributed by atoms with E-state index in [4.69, 9.17) is 5.73 Å². The zero-order chi connectivity index (χ0) is 22.2. The molecule has 1 saturated heterocycles. The smallest absolute Gasteiger partial charge is 0.267 e. The van der Waals surface area contributed by atoms with E-state index in [2.05, 4.69) is 25.6 Å².